The highest BCUT2D eigenvalue weighted by Gasteiger charge is 2.31. The number of hydrogen-bond donors (Lipinski definition) is 1. The first-order valence-corrected chi connectivity index (χ1v) is 7.37. The number of rotatable bonds is 4. The van der Waals surface area contributed by atoms with Gasteiger partial charge < -0.3 is 5.32 Å². The molecule has 1 aromatic rings. The lowest BCUT2D eigenvalue weighted by Crippen LogP contribution is -2.26. The summed E-state index contributed by atoms with van der Waals surface area (Å²) in [4.78, 5) is 4.31. The van der Waals surface area contributed by atoms with Gasteiger partial charge in [-0.1, -0.05) is 31.4 Å². The first-order chi connectivity index (χ1) is 8.15. The molecule has 0 radical (unpaired) electrons. The Hall–Kier alpha value is -0.280. The molecule has 0 aromatic carbocycles. The maximum Gasteiger partial charge on any atom is 0.140 e. The molecule has 1 N–H and O–H groups in total. The van der Waals surface area contributed by atoms with E-state index in [1.165, 1.54) is 32.1 Å². The van der Waals surface area contributed by atoms with Crippen molar-refractivity contribution in [1.29, 1.82) is 0 Å². The quantitative estimate of drug-likeness (QED) is 0.856. The number of pyridine rings is 1. The van der Waals surface area contributed by atoms with E-state index in [0.29, 0.717) is 10.4 Å². The molecule has 2 nitrogen and oxygen atoms in total. The predicted octanol–water partition coefficient (Wildman–Crippen LogP) is 4.88. The van der Waals surface area contributed by atoms with Gasteiger partial charge >= 0.3 is 0 Å². The normalized spacial score (nSPS) is 18.3. The Bertz CT molecular complexity index is 389. The average Bonchev–Trinajstić information content (AvgIpc) is 2.77. The summed E-state index contributed by atoms with van der Waals surface area (Å²) in [6.07, 6.45) is 8.33. The number of hydrogen-bond acceptors (Lipinski definition) is 2. The Morgan fingerprint density at radius 3 is 2.76 bits per heavy atom. The summed E-state index contributed by atoms with van der Waals surface area (Å²) in [6, 6.07) is 1.88. The Morgan fingerprint density at radius 1 is 1.47 bits per heavy atom. The van der Waals surface area contributed by atoms with Gasteiger partial charge in [-0.3, -0.25) is 0 Å². The maximum absolute atomic E-state index is 5.88. The van der Waals surface area contributed by atoms with Crippen molar-refractivity contribution in [3.05, 3.63) is 21.8 Å². The second-order valence-electron chi connectivity index (χ2n) is 4.90. The summed E-state index contributed by atoms with van der Waals surface area (Å²) in [5, 5.41) is 4.12. The molecule has 94 valence electrons. The molecule has 1 aliphatic carbocycles. The van der Waals surface area contributed by atoms with E-state index >= 15 is 0 Å². The minimum absolute atomic E-state index is 0.473. The van der Waals surface area contributed by atoms with Crippen molar-refractivity contribution in [3.63, 3.8) is 0 Å². The van der Waals surface area contributed by atoms with Crippen LogP contribution in [-0.4, -0.2) is 11.5 Å². The van der Waals surface area contributed by atoms with E-state index in [2.05, 4.69) is 33.2 Å². The summed E-state index contributed by atoms with van der Waals surface area (Å²) >= 11 is 9.37. The van der Waals surface area contributed by atoms with Crippen molar-refractivity contribution in [3.8, 4) is 0 Å². The fourth-order valence-electron chi connectivity index (χ4n) is 2.60. The zero-order valence-corrected chi connectivity index (χ0v) is 12.4. The molecule has 0 spiro atoms. The van der Waals surface area contributed by atoms with Crippen molar-refractivity contribution in [2.45, 2.75) is 39.0 Å². The summed E-state index contributed by atoms with van der Waals surface area (Å²) < 4.78 is 0.939. The molecule has 1 saturated carbocycles. The summed E-state index contributed by atoms with van der Waals surface area (Å²) in [6.45, 7) is 3.30. The number of nitrogens with zero attached hydrogens (tertiary/aromatic N) is 1. The van der Waals surface area contributed by atoms with Crippen LogP contribution in [0.3, 0.4) is 0 Å². The highest BCUT2D eigenvalue weighted by molar-refractivity contribution is 9.10. The fraction of sp³-hybridized carbons (Fsp3) is 0.615. The SMILES string of the molecule is CCC1(CNc2ncc(Cl)cc2Br)CCCC1. The fourth-order valence-corrected chi connectivity index (χ4v) is 3.38. The van der Waals surface area contributed by atoms with Gasteiger partial charge in [0.2, 0.25) is 0 Å². The molecule has 4 heteroatoms. The van der Waals surface area contributed by atoms with E-state index in [0.717, 1.165) is 16.8 Å². The molecule has 0 unspecified atom stereocenters. The van der Waals surface area contributed by atoms with Crippen LogP contribution in [0.5, 0.6) is 0 Å². The van der Waals surface area contributed by atoms with Crippen LogP contribution in [0, 0.1) is 5.41 Å². The van der Waals surface area contributed by atoms with Gasteiger partial charge in [-0.15, -0.1) is 0 Å². The van der Waals surface area contributed by atoms with Gasteiger partial charge in [0, 0.05) is 12.7 Å². The third-order valence-corrected chi connectivity index (χ3v) is 4.66. The molecule has 0 atom stereocenters. The van der Waals surface area contributed by atoms with Crippen LogP contribution in [-0.2, 0) is 0 Å². The number of anilines is 1. The Kier molecular flexibility index (Phi) is 4.31. The summed E-state index contributed by atoms with van der Waals surface area (Å²) in [5.41, 5.74) is 0.473. The van der Waals surface area contributed by atoms with E-state index in [1.807, 2.05) is 6.07 Å². The molecule has 0 bridgehead atoms. The first-order valence-electron chi connectivity index (χ1n) is 6.20. The highest BCUT2D eigenvalue weighted by atomic mass is 79.9. The van der Waals surface area contributed by atoms with Gasteiger partial charge in [-0.2, -0.15) is 0 Å². The smallest absolute Gasteiger partial charge is 0.140 e. The van der Waals surface area contributed by atoms with Gasteiger partial charge in [0.1, 0.15) is 5.82 Å². The van der Waals surface area contributed by atoms with Crippen molar-refractivity contribution >= 4 is 33.3 Å². The van der Waals surface area contributed by atoms with Gasteiger partial charge in [0.15, 0.2) is 0 Å². The van der Waals surface area contributed by atoms with Crippen LogP contribution in [0.1, 0.15) is 39.0 Å². The van der Waals surface area contributed by atoms with Gasteiger partial charge in [-0.05, 0) is 46.7 Å². The molecular formula is C13H18BrClN2. The molecule has 17 heavy (non-hydrogen) atoms. The number of aromatic nitrogens is 1. The molecule has 1 aliphatic rings. The topological polar surface area (TPSA) is 24.9 Å². The Labute approximate surface area is 116 Å². The highest BCUT2D eigenvalue weighted by Crippen LogP contribution is 2.41. The van der Waals surface area contributed by atoms with E-state index in [4.69, 9.17) is 11.6 Å². The number of nitrogens with one attached hydrogen (secondary N) is 1. The molecule has 2 rings (SSSR count). The molecular weight excluding hydrogens is 300 g/mol. The first kappa shape index (κ1) is 13.2. The van der Waals surface area contributed by atoms with E-state index in [-0.39, 0.29) is 0 Å². The lowest BCUT2D eigenvalue weighted by atomic mass is 9.83. The monoisotopic (exact) mass is 316 g/mol. The van der Waals surface area contributed by atoms with Crippen LogP contribution in [0.2, 0.25) is 5.02 Å². The average molecular weight is 318 g/mol. The van der Waals surface area contributed by atoms with Crippen molar-refractivity contribution < 1.29 is 0 Å². The predicted molar refractivity (Wildman–Crippen MR) is 76.6 cm³/mol. The van der Waals surface area contributed by atoms with Crippen LogP contribution < -0.4 is 5.32 Å². The van der Waals surface area contributed by atoms with E-state index in [9.17, 15) is 0 Å². The summed E-state index contributed by atoms with van der Waals surface area (Å²) in [5.74, 6) is 0.897. The second kappa shape index (κ2) is 5.57. The molecule has 1 aromatic heterocycles. The molecule has 1 heterocycles. The molecule has 0 aliphatic heterocycles. The van der Waals surface area contributed by atoms with Gasteiger partial charge in [-0.25, -0.2) is 4.98 Å². The Balaban J connectivity index is 2.01. The minimum Gasteiger partial charge on any atom is -0.369 e. The van der Waals surface area contributed by atoms with E-state index < -0.39 is 0 Å². The third-order valence-electron chi connectivity index (χ3n) is 3.85. The van der Waals surface area contributed by atoms with Crippen LogP contribution >= 0.6 is 27.5 Å². The number of halogens is 2. The Morgan fingerprint density at radius 2 is 2.18 bits per heavy atom. The zero-order valence-electron chi connectivity index (χ0n) is 10.1. The minimum atomic E-state index is 0.473. The zero-order chi connectivity index (χ0) is 12.3. The third kappa shape index (κ3) is 3.14. The molecule has 1 fully saturated rings. The largest absolute Gasteiger partial charge is 0.369 e. The van der Waals surface area contributed by atoms with Crippen molar-refractivity contribution in [2.75, 3.05) is 11.9 Å². The van der Waals surface area contributed by atoms with Crippen LogP contribution in [0.15, 0.2) is 16.7 Å². The summed E-state index contributed by atoms with van der Waals surface area (Å²) in [7, 11) is 0. The van der Waals surface area contributed by atoms with Crippen molar-refractivity contribution in [2.24, 2.45) is 5.41 Å². The maximum atomic E-state index is 5.88. The van der Waals surface area contributed by atoms with Crippen LogP contribution in [0.4, 0.5) is 5.82 Å². The molecule has 0 saturated heterocycles. The van der Waals surface area contributed by atoms with E-state index in [1.54, 1.807) is 6.20 Å². The van der Waals surface area contributed by atoms with Gasteiger partial charge in [0.25, 0.3) is 0 Å². The second-order valence-corrected chi connectivity index (χ2v) is 6.19. The standard InChI is InChI=1S/C13H18BrClN2/c1-2-13(5-3-4-6-13)9-17-12-11(14)7-10(15)8-16-12/h7-8H,2-6,9H2,1H3,(H,16,17). The van der Waals surface area contributed by atoms with Crippen molar-refractivity contribution in [1.82, 2.24) is 4.98 Å². The molecule has 0 amide bonds. The van der Waals surface area contributed by atoms with Crippen LogP contribution in [0.25, 0.3) is 0 Å². The van der Waals surface area contributed by atoms with Gasteiger partial charge in [0.05, 0.1) is 9.50 Å². The lowest BCUT2D eigenvalue weighted by molar-refractivity contribution is 0.306. The lowest BCUT2D eigenvalue weighted by Gasteiger charge is -2.28.